The minimum atomic E-state index is -0.529. The molecule has 0 saturated carbocycles. The summed E-state index contributed by atoms with van der Waals surface area (Å²) in [5, 5.41) is 4.66. The van der Waals surface area contributed by atoms with Crippen LogP contribution in [-0.4, -0.2) is 46.1 Å². The molecule has 0 radical (unpaired) electrons. The van der Waals surface area contributed by atoms with Crippen molar-refractivity contribution in [1.82, 2.24) is 9.47 Å². The van der Waals surface area contributed by atoms with Crippen LogP contribution >= 0.6 is 11.3 Å². The fourth-order valence-corrected chi connectivity index (χ4v) is 4.52. The Morgan fingerprint density at radius 2 is 1.71 bits per heavy atom. The third-order valence-corrected chi connectivity index (χ3v) is 6.43. The summed E-state index contributed by atoms with van der Waals surface area (Å²) in [6.45, 7) is 6.67. The third-order valence-electron chi connectivity index (χ3n) is 5.57. The molecule has 1 N–H and O–H groups in total. The van der Waals surface area contributed by atoms with E-state index in [9.17, 15) is 14.4 Å². The Bertz CT molecular complexity index is 1170. The minimum Gasteiger partial charge on any atom is -0.444 e. The molecule has 0 bridgehead atoms. The molecule has 0 aliphatic carbocycles. The van der Waals surface area contributed by atoms with E-state index in [1.54, 1.807) is 41.3 Å². The number of hydrogen-bond acceptors (Lipinski definition) is 6. The number of nitrogens with one attached hydrogen (secondary N) is 1. The average molecular weight is 496 g/mol. The van der Waals surface area contributed by atoms with Gasteiger partial charge in [0.25, 0.3) is 5.91 Å². The number of esters is 1. The molecular formula is C26H29N3O5S. The number of carbonyl (C=O) groups excluding carboxylic acids is 3. The first-order valence-electron chi connectivity index (χ1n) is 11.5. The smallest absolute Gasteiger partial charge is 0.410 e. The van der Waals surface area contributed by atoms with Gasteiger partial charge in [-0.3, -0.25) is 4.79 Å². The molecule has 1 aliphatic heterocycles. The lowest BCUT2D eigenvalue weighted by atomic mass is 10.0. The SMILES string of the molecule is CC(C)(C)OC(=O)N1CCC(n2cccc2C(=O)Oc2ccc(NC(=O)c3cccs3)cc2)CC1. The van der Waals surface area contributed by atoms with Gasteiger partial charge in [0.2, 0.25) is 0 Å². The van der Waals surface area contributed by atoms with Crippen LogP contribution in [0, 0.1) is 0 Å². The highest BCUT2D eigenvalue weighted by atomic mass is 32.1. The number of amides is 2. The zero-order chi connectivity index (χ0) is 25.0. The summed E-state index contributed by atoms with van der Waals surface area (Å²) in [7, 11) is 0. The van der Waals surface area contributed by atoms with Gasteiger partial charge >= 0.3 is 12.1 Å². The molecule has 1 saturated heterocycles. The van der Waals surface area contributed by atoms with Crippen molar-refractivity contribution < 1.29 is 23.9 Å². The molecule has 2 aromatic heterocycles. The van der Waals surface area contributed by atoms with Gasteiger partial charge in [-0.15, -0.1) is 11.3 Å². The molecule has 35 heavy (non-hydrogen) atoms. The van der Waals surface area contributed by atoms with Crippen LogP contribution in [-0.2, 0) is 4.74 Å². The average Bonchev–Trinajstić information content (AvgIpc) is 3.52. The van der Waals surface area contributed by atoms with Crippen LogP contribution < -0.4 is 10.1 Å². The Balaban J connectivity index is 1.33. The van der Waals surface area contributed by atoms with Gasteiger partial charge in [0.05, 0.1) is 4.88 Å². The number of aromatic nitrogens is 1. The number of anilines is 1. The van der Waals surface area contributed by atoms with E-state index in [1.807, 2.05) is 49.0 Å². The van der Waals surface area contributed by atoms with Crippen LogP contribution in [0.3, 0.4) is 0 Å². The van der Waals surface area contributed by atoms with Gasteiger partial charge in [0.1, 0.15) is 17.0 Å². The number of ether oxygens (including phenoxy) is 2. The van der Waals surface area contributed by atoms with E-state index in [0.29, 0.717) is 47.9 Å². The molecule has 4 rings (SSSR count). The number of thiophene rings is 1. The Hall–Kier alpha value is -3.59. The lowest BCUT2D eigenvalue weighted by Gasteiger charge is -2.34. The first-order valence-corrected chi connectivity index (χ1v) is 12.4. The Morgan fingerprint density at radius 3 is 2.34 bits per heavy atom. The zero-order valence-corrected chi connectivity index (χ0v) is 20.8. The summed E-state index contributed by atoms with van der Waals surface area (Å²) in [6.07, 6.45) is 2.99. The second kappa shape index (κ2) is 10.4. The zero-order valence-electron chi connectivity index (χ0n) is 20.0. The van der Waals surface area contributed by atoms with E-state index in [-0.39, 0.29) is 18.0 Å². The van der Waals surface area contributed by atoms with Gasteiger partial charge in [-0.2, -0.15) is 0 Å². The van der Waals surface area contributed by atoms with Gasteiger partial charge in [-0.25, -0.2) is 9.59 Å². The van der Waals surface area contributed by atoms with Crippen molar-refractivity contribution in [2.75, 3.05) is 18.4 Å². The number of rotatable bonds is 5. The number of benzene rings is 1. The first-order chi connectivity index (χ1) is 16.7. The van der Waals surface area contributed by atoms with Gasteiger partial charge in [-0.05, 0) is 81.5 Å². The summed E-state index contributed by atoms with van der Waals surface area (Å²) < 4.78 is 13.0. The summed E-state index contributed by atoms with van der Waals surface area (Å²) in [5.41, 5.74) is 0.540. The van der Waals surface area contributed by atoms with Gasteiger partial charge in [0.15, 0.2) is 0 Å². The molecule has 1 aromatic carbocycles. The maximum Gasteiger partial charge on any atom is 0.410 e. The van der Waals surface area contributed by atoms with Crippen molar-refractivity contribution in [3.8, 4) is 5.75 Å². The van der Waals surface area contributed by atoms with Crippen molar-refractivity contribution >= 4 is 35.0 Å². The number of nitrogens with zero attached hydrogens (tertiary/aromatic N) is 2. The summed E-state index contributed by atoms with van der Waals surface area (Å²) in [4.78, 5) is 39.7. The lowest BCUT2D eigenvalue weighted by molar-refractivity contribution is 0.0186. The largest absolute Gasteiger partial charge is 0.444 e. The molecule has 2 amide bonds. The maximum absolute atomic E-state index is 12.9. The molecule has 3 aromatic rings. The highest BCUT2D eigenvalue weighted by molar-refractivity contribution is 7.12. The molecule has 0 atom stereocenters. The van der Waals surface area contributed by atoms with Crippen LogP contribution in [0.2, 0.25) is 0 Å². The second-order valence-corrected chi connectivity index (χ2v) is 10.3. The van der Waals surface area contributed by atoms with E-state index in [4.69, 9.17) is 9.47 Å². The van der Waals surface area contributed by atoms with Gasteiger partial charge in [-0.1, -0.05) is 6.07 Å². The van der Waals surface area contributed by atoms with Crippen molar-refractivity contribution in [3.05, 3.63) is 70.7 Å². The number of likely N-dealkylation sites (tertiary alicyclic amines) is 1. The summed E-state index contributed by atoms with van der Waals surface area (Å²) in [5.74, 6) is -0.253. The van der Waals surface area contributed by atoms with Crippen LogP contribution in [0.5, 0.6) is 5.75 Å². The van der Waals surface area contributed by atoms with Crippen molar-refractivity contribution in [2.45, 2.75) is 45.3 Å². The summed E-state index contributed by atoms with van der Waals surface area (Å²) in [6, 6.07) is 13.9. The Kier molecular flexibility index (Phi) is 7.25. The molecule has 9 heteroatoms. The quantitative estimate of drug-likeness (QED) is 0.368. The molecule has 1 fully saturated rings. The normalized spacial score (nSPS) is 14.4. The van der Waals surface area contributed by atoms with E-state index in [0.717, 1.165) is 0 Å². The lowest BCUT2D eigenvalue weighted by Crippen LogP contribution is -2.42. The molecule has 0 unspecified atom stereocenters. The topological polar surface area (TPSA) is 89.9 Å². The fraction of sp³-hybridized carbons (Fsp3) is 0.346. The summed E-state index contributed by atoms with van der Waals surface area (Å²) >= 11 is 1.37. The van der Waals surface area contributed by atoms with E-state index < -0.39 is 11.6 Å². The van der Waals surface area contributed by atoms with Crippen LogP contribution in [0.15, 0.2) is 60.1 Å². The number of piperidine rings is 1. The molecule has 3 heterocycles. The van der Waals surface area contributed by atoms with Crippen molar-refractivity contribution in [3.63, 3.8) is 0 Å². The molecule has 1 aliphatic rings. The highest BCUT2D eigenvalue weighted by Crippen LogP contribution is 2.27. The number of hydrogen-bond donors (Lipinski definition) is 1. The van der Waals surface area contributed by atoms with Crippen molar-refractivity contribution in [1.29, 1.82) is 0 Å². The molecule has 8 nitrogen and oxygen atoms in total. The predicted molar refractivity (Wildman–Crippen MR) is 134 cm³/mol. The Labute approximate surface area is 208 Å². The van der Waals surface area contributed by atoms with Crippen molar-refractivity contribution in [2.24, 2.45) is 0 Å². The Morgan fingerprint density at radius 1 is 1.00 bits per heavy atom. The maximum atomic E-state index is 12.9. The van der Waals surface area contributed by atoms with Crippen LogP contribution in [0.4, 0.5) is 10.5 Å². The van der Waals surface area contributed by atoms with E-state index >= 15 is 0 Å². The molecular weight excluding hydrogens is 466 g/mol. The fourth-order valence-electron chi connectivity index (χ4n) is 3.90. The van der Waals surface area contributed by atoms with Crippen LogP contribution in [0.25, 0.3) is 0 Å². The second-order valence-electron chi connectivity index (χ2n) is 9.34. The van der Waals surface area contributed by atoms with Gasteiger partial charge < -0.3 is 24.3 Å². The first kappa shape index (κ1) is 24.5. The van der Waals surface area contributed by atoms with E-state index in [2.05, 4.69) is 5.32 Å². The number of carbonyl (C=O) groups is 3. The van der Waals surface area contributed by atoms with Gasteiger partial charge in [0, 0.05) is 31.0 Å². The van der Waals surface area contributed by atoms with Crippen LogP contribution in [0.1, 0.15) is 59.8 Å². The van der Waals surface area contributed by atoms with E-state index in [1.165, 1.54) is 11.3 Å². The predicted octanol–water partition coefficient (Wildman–Crippen LogP) is 5.59. The highest BCUT2D eigenvalue weighted by Gasteiger charge is 2.29. The molecule has 0 spiro atoms. The minimum absolute atomic E-state index is 0.0843. The molecule has 184 valence electrons. The standard InChI is InChI=1S/C26H29N3O5S/c1-26(2,3)34-25(32)28-15-12-19(13-16-28)29-14-4-6-21(29)24(31)33-20-10-8-18(9-11-20)27-23(30)22-7-5-17-35-22/h4-11,14,17,19H,12-13,15-16H2,1-3H3,(H,27,30). The third kappa shape index (κ3) is 6.30. The monoisotopic (exact) mass is 495 g/mol.